The average molecular weight is 252 g/mol. The molecule has 2 aromatic heterocycles. The maximum absolute atomic E-state index is 4.28. The van der Waals surface area contributed by atoms with Crippen LogP contribution >= 0.6 is 0 Å². The molecular weight excluding hydrogens is 240 g/mol. The molecule has 6 nitrogen and oxygen atoms in total. The molecule has 0 atom stereocenters. The molecule has 0 saturated carbocycles. The van der Waals surface area contributed by atoms with Crippen molar-refractivity contribution in [2.75, 3.05) is 5.32 Å². The Morgan fingerprint density at radius 3 is 2.74 bits per heavy atom. The smallest absolute Gasteiger partial charge is 0.143 e. The first kappa shape index (κ1) is 11.3. The van der Waals surface area contributed by atoms with E-state index in [0.717, 1.165) is 17.1 Å². The zero-order chi connectivity index (χ0) is 12.9. The summed E-state index contributed by atoms with van der Waals surface area (Å²) in [6.45, 7) is 0.653. The summed E-state index contributed by atoms with van der Waals surface area (Å²) >= 11 is 0. The largest absolute Gasteiger partial charge is 0.378 e. The summed E-state index contributed by atoms with van der Waals surface area (Å²) in [5, 5.41) is 14.5. The molecule has 0 bridgehead atoms. The summed E-state index contributed by atoms with van der Waals surface area (Å²) < 4.78 is 1.63. The Morgan fingerprint density at radius 2 is 1.95 bits per heavy atom. The lowest BCUT2D eigenvalue weighted by Gasteiger charge is -2.10. The van der Waals surface area contributed by atoms with Crippen molar-refractivity contribution in [1.82, 2.24) is 25.2 Å². The van der Waals surface area contributed by atoms with Gasteiger partial charge in [-0.15, -0.1) is 5.10 Å². The third-order valence-electron chi connectivity index (χ3n) is 2.69. The lowest BCUT2D eigenvalue weighted by atomic mass is 10.2. The van der Waals surface area contributed by atoms with Crippen molar-refractivity contribution in [2.45, 2.75) is 6.54 Å². The van der Waals surface area contributed by atoms with Crippen LogP contribution in [0, 0.1) is 0 Å². The van der Waals surface area contributed by atoms with Crippen LogP contribution in [0.15, 0.2) is 55.0 Å². The standard InChI is InChI=1S/C13H12N6/c1-2-7-13(19-10-16-17-18-19)12(6-1)15-9-11-5-3-4-8-14-11/h1-8,10,15H,9H2. The van der Waals surface area contributed by atoms with Gasteiger partial charge in [0, 0.05) is 6.20 Å². The molecule has 1 N–H and O–H groups in total. The van der Waals surface area contributed by atoms with Crippen LogP contribution in [0.1, 0.15) is 5.69 Å². The van der Waals surface area contributed by atoms with Gasteiger partial charge < -0.3 is 5.32 Å². The molecule has 6 heteroatoms. The second-order valence-electron chi connectivity index (χ2n) is 3.95. The molecule has 0 fully saturated rings. The minimum Gasteiger partial charge on any atom is -0.378 e. The molecule has 3 aromatic rings. The molecule has 0 amide bonds. The van der Waals surface area contributed by atoms with Crippen molar-refractivity contribution in [1.29, 1.82) is 0 Å². The molecule has 3 rings (SSSR count). The van der Waals surface area contributed by atoms with E-state index in [-0.39, 0.29) is 0 Å². The Labute approximate surface area is 110 Å². The molecule has 0 saturated heterocycles. The summed E-state index contributed by atoms with van der Waals surface area (Å²) in [4.78, 5) is 4.28. The van der Waals surface area contributed by atoms with Gasteiger partial charge in [-0.25, -0.2) is 0 Å². The molecule has 0 unspecified atom stereocenters. The van der Waals surface area contributed by atoms with E-state index >= 15 is 0 Å². The monoisotopic (exact) mass is 252 g/mol. The molecule has 2 heterocycles. The number of tetrazole rings is 1. The van der Waals surface area contributed by atoms with Crippen molar-refractivity contribution in [3.8, 4) is 5.69 Å². The number of rotatable bonds is 4. The number of nitrogens with one attached hydrogen (secondary N) is 1. The number of nitrogens with zero attached hydrogens (tertiary/aromatic N) is 5. The van der Waals surface area contributed by atoms with Crippen LogP contribution in [0.4, 0.5) is 5.69 Å². The molecule has 0 aliphatic rings. The molecule has 19 heavy (non-hydrogen) atoms. The maximum atomic E-state index is 4.28. The van der Waals surface area contributed by atoms with Gasteiger partial charge in [0.15, 0.2) is 0 Å². The molecule has 0 aliphatic carbocycles. The van der Waals surface area contributed by atoms with Gasteiger partial charge in [-0.1, -0.05) is 18.2 Å². The van der Waals surface area contributed by atoms with Crippen LogP contribution in [-0.4, -0.2) is 25.2 Å². The number of anilines is 1. The van der Waals surface area contributed by atoms with Gasteiger partial charge in [-0.2, -0.15) is 4.68 Å². The predicted octanol–water partition coefficient (Wildman–Crippen LogP) is 1.67. The van der Waals surface area contributed by atoms with Crippen LogP contribution in [0.3, 0.4) is 0 Å². The van der Waals surface area contributed by atoms with Crippen molar-refractivity contribution in [2.24, 2.45) is 0 Å². The summed E-state index contributed by atoms with van der Waals surface area (Å²) in [5.74, 6) is 0. The zero-order valence-electron chi connectivity index (χ0n) is 10.1. The van der Waals surface area contributed by atoms with Crippen molar-refractivity contribution < 1.29 is 0 Å². The minimum atomic E-state index is 0.653. The number of aromatic nitrogens is 5. The number of pyridine rings is 1. The van der Waals surface area contributed by atoms with Crippen LogP contribution < -0.4 is 5.32 Å². The molecule has 94 valence electrons. The molecule has 0 spiro atoms. The SMILES string of the molecule is c1ccc(CNc2ccccc2-n2cnnn2)nc1. The Kier molecular flexibility index (Phi) is 3.14. The highest BCUT2D eigenvalue weighted by molar-refractivity contribution is 5.60. The summed E-state index contributed by atoms with van der Waals surface area (Å²) in [5.41, 5.74) is 2.85. The summed E-state index contributed by atoms with van der Waals surface area (Å²) in [6.07, 6.45) is 3.35. The Hall–Kier alpha value is -2.76. The lowest BCUT2D eigenvalue weighted by molar-refractivity contribution is 0.789. The topological polar surface area (TPSA) is 68.5 Å². The number of hydrogen-bond acceptors (Lipinski definition) is 5. The predicted molar refractivity (Wildman–Crippen MR) is 70.7 cm³/mol. The highest BCUT2D eigenvalue weighted by atomic mass is 15.5. The molecule has 0 aliphatic heterocycles. The van der Waals surface area contributed by atoms with E-state index in [0.29, 0.717) is 6.54 Å². The van der Waals surface area contributed by atoms with E-state index in [9.17, 15) is 0 Å². The minimum absolute atomic E-state index is 0.653. The highest BCUT2D eigenvalue weighted by Crippen LogP contribution is 2.18. The fourth-order valence-electron chi connectivity index (χ4n) is 1.78. The summed E-state index contributed by atoms with van der Waals surface area (Å²) in [7, 11) is 0. The van der Waals surface area contributed by atoms with Crippen LogP contribution in [0.25, 0.3) is 5.69 Å². The number of para-hydroxylation sites is 2. The van der Waals surface area contributed by atoms with Gasteiger partial charge in [0.05, 0.1) is 23.6 Å². The first-order valence-electron chi connectivity index (χ1n) is 5.89. The molecule has 0 radical (unpaired) electrons. The van der Waals surface area contributed by atoms with Crippen LogP contribution in [0.5, 0.6) is 0 Å². The maximum Gasteiger partial charge on any atom is 0.143 e. The Bertz CT molecular complexity index is 635. The fourth-order valence-corrected chi connectivity index (χ4v) is 1.78. The first-order chi connectivity index (χ1) is 9.43. The average Bonchev–Trinajstić information content (AvgIpc) is 3.01. The van der Waals surface area contributed by atoms with Crippen molar-refractivity contribution in [3.05, 3.63) is 60.7 Å². The van der Waals surface area contributed by atoms with Gasteiger partial charge in [-0.3, -0.25) is 4.98 Å². The van der Waals surface area contributed by atoms with E-state index in [1.807, 2.05) is 42.5 Å². The second-order valence-corrected chi connectivity index (χ2v) is 3.95. The number of hydrogen-bond donors (Lipinski definition) is 1. The van der Waals surface area contributed by atoms with E-state index in [2.05, 4.69) is 25.8 Å². The molecular formula is C13H12N6. The number of benzene rings is 1. The van der Waals surface area contributed by atoms with Crippen molar-refractivity contribution >= 4 is 5.69 Å². The zero-order valence-corrected chi connectivity index (χ0v) is 10.1. The van der Waals surface area contributed by atoms with Gasteiger partial charge in [0.1, 0.15) is 6.33 Å². The summed E-state index contributed by atoms with van der Waals surface area (Å²) in [6, 6.07) is 13.7. The van der Waals surface area contributed by atoms with E-state index < -0.39 is 0 Å². The fraction of sp³-hybridized carbons (Fsp3) is 0.0769. The first-order valence-corrected chi connectivity index (χ1v) is 5.89. The van der Waals surface area contributed by atoms with Crippen LogP contribution in [-0.2, 0) is 6.54 Å². The normalized spacial score (nSPS) is 10.3. The van der Waals surface area contributed by atoms with Crippen molar-refractivity contribution in [3.63, 3.8) is 0 Å². The quantitative estimate of drug-likeness (QED) is 0.765. The Morgan fingerprint density at radius 1 is 1.05 bits per heavy atom. The van der Waals surface area contributed by atoms with Gasteiger partial charge in [0.2, 0.25) is 0 Å². The third-order valence-corrected chi connectivity index (χ3v) is 2.69. The Balaban J connectivity index is 1.82. The van der Waals surface area contributed by atoms with Gasteiger partial charge in [-0.05, 0) is 34.7 Å². The van der Waals surface area contributed by atoms with E-state index in [1.54, 1.807) is 17.2 Å². The van der Waals surface area contributed by atoms with Gasteiger partial charge >= 0.3 is 0 Å². The van der Waals surface area contributed by atoms with E-state index in [1.165, 1.54) is 0 Å². The van der Waals surface area contributed by atoms with Crippen LogP contribution in [0.2, 0.25) is 0 Å². The lowest BCUT2D eigenvalue weighted by Crippen LogP contribution is -2.05. The van der Waals surface area contributed by atoms with Gasteiger partial charge in [0.25, 0.3) is 0 Å². The molecule has 1 aromatic carbocycles. The third kappa shape index (κ3) is 2.57. The highest BCUT2D eigenvalue weighted by Gasteiger charge is 2.04. The van der Waals surface area contributed by atoms with E-state index in [4.69, 9.17) is 0 Å². The second kappa shape index (κ2) is 5.26.